The van der Waals surface area contributed by atoms with Gasteiger partial charge in [-0.3, -0.25) is 14.7 Å². The van der Waals surface area contributed by atoms with Gasteiger partial charge in [-0.25, -0.2) is 0 Å². The Labute approximate surface area is 151 Å². The number of anilines is 1. The molecular formula is C17H18Cl2N4O. The van der Waals surface area contributed by atoms with E-state index in [9.17, 15) is 4.79 Å². The predicted molar refractivity (Wildman–Crippen MR) is 96.5 cm³/mol. The average molecular weight is 365 g/mol. The number of aromatic nitrogens is 1. The molecule has 0 spiro atoms. The standard InChI is InChI=1S/C17H18Cl2N4O/c18-13-4-1-5-14(17(13)19)22-16(24)11-23-8-7-21-10-15(23)12-3-2-6-20-9-12/h1-6,9,15,21H,7-8,10-11H2,(H,22,24). The number of benzene rings is 1. The van der Waals surface area contributed by atoms with E-state index in [0.717, 1.165) is 25.2 Å². The maximum atomic E-state index is 12.4. The zero-order chi connectivity index (χ0) is 16.9. The Bertz CT molecular complexity index is 711. The Kier molecular flexibility index (Phi) is 5.68. The molecule has 1 atom stereocenters. The van der Waals surface area contributed by atoms with Crippen LogP contribution in [0.15, 0.2) is 42.7 Å². The molecule has 1 fully saturated rings. The molecule has 5 nitrogen and oxygen atoms in total. The van der Waals surface area contributed by atoms with Gasteiger partial charge < -0.3 is 10.6 Å². The van der Waals surface area contributed by atoms with E-state index >= 15 is 0 Å². The SMILES string of the molecule is O=C(CN1CCNCC1c1cccnc1)Nc1cccc(Cl)c1Cl. The lowest BCUT2D eigenvalue weighted by atomic mass is 10.1. The molecule has 1 amide bonds. The van der Waals surface area contributed by atoms with Crippen LogP contribution < -0.4 is 10.6 Å². The van der Waals surface area contributed by atoms with Gasteiger partial charge in [-0.2, -0.15) is 0 Å². The summed E-state index contributed by atoms with van der Waals surface area (Å²) >= 11 is 12.1. The summed E-state index contributed by atoms with van der Waals surface area (Å²) in [6, 6.07) is 9.24. The maximum Gasteiger partial charge on any atom is 0.238 e. The molecular weight excluding hydrogens is 347 g/mol. The van der Waals surface area contributed by atoms with Gasteiger partial charge in [-0.15, -0.1) is 0 Å². The van der Waals surface area contributed by atoms with Crippen molar-refractivity contribution in [2.75, 3.05) is 31.5 Å². The van der Waals surface area contributed by atoms with Gasteiger partial charge >= 0.3 is 0 Å². The monoisotopic (exact) mass is 364 g/mol. The van der Waals surface area contributed by atoms with Crippen molar-refractivity contribution in [2.45, 2.75) is 6.04 Å². The van der Waals surface area contributed by atoms with Gasteiger partial charge in [0.1, 0.15) is 0 Å². The molecule has 0 saturated carbocycles. The van der Waals surface area contributed by atoms with Crippen LogP contribution >= 0.6 is 23.2 Å². The number of rotatable bonds is 4. The van der Waals surface area contributed by atoms with Crippen LogP contribution in [-0.2, 0) is 4.79 Å². The number of carbonyl (C=O) groups is 1. The van der Waals surface area contributed by atoms with E-state index in [1.807, 2.05) is 18.3 Å². The van der Waals surface area contributed by atoms with Gasteiger partial charge in [0.25, 0.3) is 0 Å². The summed E-state index contributed by atoms with van der Waals surface area (Å²) in [6.07, 6.45) is 3.59. The fraction of sp³-hybridized carbons (Fsp3) is 0.294. The second kappa shape index (κ2) is 7.94. The largest absolute Gasteiger partial charge is 0.324 e. The van der Waals surface area contributed by atoms with E-state index in [4.69, 9.17) is 23.2 Å². The van der Waals surface area contributed by atoms with Crippen molar-refractivity contribution in [3.05, 3.63) is 58.3 Å². The van der Waals surface area contributed by atoms with Crippen molar-refractivity contribution < 1.29 is 4.79 Å². The number of pyridine rings is 1. The van der Waals surface area contributed by atoms with Crippen molar-refractivity contribution in [1.82, 2.24) is 15.2 Å². The van der Waals surface area contributed by atoms with Gasteiger partial charge in [0.2, 0.25) is 5.91 Å². The van der Waals surface area contributed by atoms with E-state index in [0.29, 0.717) is 15.7 Å². The molecule has 0 aliphatic carbocycles. The first-order valence-corrected chi connectivity index (χ1v) is 8.49. The quantitative estimate of drug-likeness (QED) is 0.875. The average Bonchev–Trinajstić information content (AvgIpc) is 2.60. The minimum Gasteiger partial charge on any atom is -0.324 e. The summed E-state index contributed by atoms with van der Waals surface area (Å²) in [5.41, 5.74) is 1.63. The van der Waals surface area contributed by atoms with E-state index in [-0.39, 0.29) is 18.5 Å². The van der Waals surface area contributed by atoms with Crippen molar-refractivity contribution >= 4 is 34.8 Å². The van der Waals surface area contributed by atoms with Crippen LogP contribution in [0.4, 0.5) is 5.69 Å². The highest BCUT2D eigenvalue weighted by molar-refractivity contribution is 6.43. The second-order valence-electron chi connectivity index (χ2n) is 5.63. The zero-order valence-corrected chi connectivity index (χ0v) is 14.5. The molecule has 24 heavy (non-hydrogen) atoms. The van der Waals surface area contributed by atoms with Crippen molar-refractivity contribution in [2.24, 2.45) is 0 Å². The fourth-order valence-electron chi connectivity index (χ4n) is 2.81. The topological polar surface area (TPSA) is 57.3 Å². The zero-order valence-electron chi connectivity index (χ0n) is 13.0. The second-order valence-corrected chi connectivity index (χ2v) is 6.41. The highest BCUT2D eigenvalue weighted by Gasteiger charge is 2.25. The molecule has 0 radical (unpaired) electrons. The van der Waals surface area contributed by atoms with Gasteiger partial charge in [0, 0.05) is 38.1 Å². The summed E-state index contributed by atoms with van der Waals surface area (Å²) in [5.74, 6) is -0.116. The van der Waals surface area contributed by atoms with E-state index in [1.54, 1.807) is 24.4 Å². The molecule has 1 saturated heterocycles. The Morgan fingerprint density at radius 3 is 3.00 bits per heavy atom. The molecule has 3 rings (SSSR count). The molecule has 1 unspecified atom stereocenters. The lowest BCUT2D eigenvalue weighted by Crippen LogP contribution is -2.48. The number of piperazine rings is 1. The normalized spacial score (nSPS) is 18.3. The fourth-order valence-corrected chi connectivity index (χ4v) is 3.16. The summed E-state index contributed by atoms with van der Waals surface area (Å²) in [6.45, 7) is 2.71. The molecule has 1 aliphatic heterocycles. The van der Waals surface area contributed by atoms with Crippen LogP contribution in [0.25, 0.3) is 0 Å². The molecule has 1 aromatic carbocycles. The first-order valence-electron chi connectivity index (χ1n) is 7.73. The molecule has 2 aromatic rings. The Balaban J connectivity index is 1.69. The molecule has 0 bridgehead atoms. The summed E-state index contributed by atoms with van der Waals surface area (Å²) < 4.78 is 0. The number of nitrogens with zero attached hydrogens (tertiary/aromatic N) is 2. The van der Waals surface area contributed by atoms with Crippen LogP contribution in [0.2, 0.25) is 10.0 Å². The van der Waals surface area contributed by atoms with Crippen molar-refractivity contribution in [3.8, 4) is 0 Å². The third-order valence-electron chi connectivity index (χ3n) is 4.00. The summed E-state index contributed by atoms with van der Waals surface area (Å²) in [5, 5.41) is 6.98. The Morgan fingerprint density at radius 2 is 2.21 bits per heavy atom. The van der Waals surface area contributed by atoms with Gasteiger partial charge in [-0.1, -0.05) is 35.3 Å². The minimum atomic E-state index is -0.116. The van der Waals surface area contributed by atoms with Crippen LogP contribution in [0.3, 0.4) is 0 Å². The van der Waals surface area contributed by atoms with Crippen LogP contribution in [0.1, 0.15) is 11.6 Å². The summed E-state index contributed by atoms with van der Waals surface area (Å²) in [4.78, 5) is 18.7. The maximum absolute atomic E-state index is 12.4. The third-order valence-corrected chi connectivity index (χ3v) is 4.81. The molecule has 2 N–H and O–H groups in total. The minimum absolute atomic E-state index is 0.116. The predicted octanol–water partition coefficient (Wildman–Crippen LogP) is 2.97. The van der Waals surface area contributed by atoms with Crippen LogP contribution in [0.5, 0.6) is 0 Å². The van der Waals surface area contributed by atoms with Gasteiger partial charge in [0.05, 0.1) is 22.3 Å². The van der Waals surface area contributed by atoms with Gasteiger partial charge in [0.15, 0.2) is 0 Å². The van der Waals surface area contributed by atoms with Crippen molar-refractivity contribution in [3.63, 3.8) is 0 Å². The number of halogens is 2. The van der Waals surface area contributed by atoms with Crippen LogP contribution in [-0.4, -0.2) is 42.0 Å². The molecule has 1 aromatic heterocycles. The van der Waals surface area contributed by atoms with E-state index in [1.165, 1.54) is 0 Å². The molecule has 7 heteroatoms. The first kappa shape index (κ1) is 17.2. The Hall–Kier alpha value is -1.66. The number of amides is 1. The van der Waals surface area contributed by atoms with E-state index in [2.05, 4.69) is 20.5 Å². The highest BCUT2D eigenvalue weighted by Crippen LogP contribution is 2.29. The number of hydrogen-bond acceptors (Lipinski definition) is 4. The van der Waals surface area contributed by atoms with Gasteiger partial charge in [-0.05, 0) is 23.8 Å². The highest BCUT2D eigenvalue weighted by atomic mass is 35.5. The smallest absolute Gasteiger partial charge is 0.238 e. The molecule has 1 aliphatic rings. The van der Waals surface area contributed by atoms with Crippen molar-refractivity contribution in [1.29, 1.82) is 0 Å². The number of nitrogens with one attached hydrogen (secondary N) is 2. The Morgan fingerprint density at radius 1 is 1.33 bits per heavy atom. The third kappa shape index (κ3) is 4.05. The van der Waals surface area contributed by atoms with E-state index < -0.39 is 0 Å². The lowest BCUT2D eigenvalue weighted by molar-refractivity contribution is -0.118. The molecule has 2 heterocycles. The molecule has 126 valence electrons. The summed E-state index contributed by atoms with van der Waals surface area (Å²) in [7, 11) is 0. The first-order chi connectivity index (χ1) is 11.6. The number of hydrogen-bond donors (Lipinski definition) is 2. The lowest BCUT2D eigenvalue weighted by Gasteiger charge is -2.35. The number of carbonyl (C=O) groups excluding carboxylic acids is 1. The van der Waals surface area contributed by atoms with Crippen LogP contribution in [0, 0.1) is 0 Å².